The van der Waals surface area contributed by atoms with Crippen molar-refractivity contribution in [3.05, 3.63) is 65.5 Å². The Morgan fingerprint density at radius 1 is 1.03 bits per heavy atom. The summed E-state index contributed by atoms with van der Waals surface area (Å²) in [4.78, 5) is 4.79. The third-order valence-electron chi connectivity index (χ3n) is 5.90. The number of methoxy groups -OCH3 is 1. The van der Waals surface area contributed by atoms with E-state index in [4.69, 9.17) is 14.6 Å². The molecule has 5 nitrogen and oxygen atoms in total. The summed E-state index contributed by atoms with van der Waals surface area (Å²) in [6.07, 6.45) is 2.22. The van der Waals surface area contributed by atoms with E-state index in [1.165, 1.54) is 6.07 Å². The molecule has 0 aromatic heterocycles. The van der Waals surface area contributed by atoms with Crippen molar-refractivity contribution < 1.29 is 19.0 Å². The fourth-order valence-corrected chi connectivity index (χ4v) is 4.19. The fraction of sp³-hybridized carbons (Fsp3) is 0.520. The van der Waals surface area contributed by atoms with Gasteiger partial charge in [0.2, 0.25) is 0 Å². The molecule has 1 aliphatic rings. The maximum atomic E-state index is 14.0. The molecule has 31 heavy (non-hydrogen) atoms. The smallest absolute Gasteiger partial charge is 0.127 e. The summed E-state index contributed by atoms with van der Waals surface area (Å²) in [7, 11) is 1.73. The number of likely N-dealkylation sites (tertiary alicyclic amines) is 1. The molecule has 3 rings (SSSR count). The zero-order valence-corrected chi connectivity index (χ0v) is 18.5. The lowest BCUT2D eigenvalue weighted by Crippen LogP contribution is -2.39. The molecular formula is C25H35FN2O3. The summed E-state index contributed by atoms with van der Waals surface area (Å²) in [5, 5.41) is 9.09. The first-order valence-electron chi connectivity index (χ1n) is 11.2. The molecule has 2 aromatic rings. The lowest BCUT2D eigenvalue weighted by Gasteiger charge is -2.35. The molecule has 2 aromatic carbocycles. The highest BCUT2D eigenvalue weighted by Gasteiger charge is 2.22. The SMILES string of the molecule is COCCN(Cc1ccccc1OCCO)CC1CCN(Cc2ccccc2F)CC1. The first-order valence-corrected chi connectivity index (χ1v) is 11.2. The fourth-order valence-electron chi connectivity index (χ4n) is 4.19. The van der Waals surface area contributed by atoms with Crippen LogP contribution in [0.5, 0.6) is 5.75 Å². The second-order valence-corrected chi connectivity index (χ2v) is 8.22. The van der Waals surface area contributed by atoms with E-state index in [9.17, 15) is 4.39 Å². The molecule has 0 spiro atoms. The van der Waals surface area contributed by atoms with E-state index in [-0.39, 0.29) is 12.4 Å². The van der Waals surface area contributed by atoms with Crippen LogP contribution < -0.4 is 4.74 Å². The molecule has 1 heterocycles. The van der Waals surface area contributed by atoms with E-state index in [1.54, 1.807) is 13.2 Å². The summed E-state index contributed by atoms with van der Waals surface area (Å²) in [5.41, 5.74) is 1.91. The Bertz CT molecular complexity index is 781. The minimum atomic E-state index is -0.113. The van der Waals surface area contributed by atoms with Crippen LogP contribution in [-0.4, -0.2) is 68.0 Å². The number of piperidine rings is 1. The van der Waals surface area contributed by atoms with Gasteiger partial charge in [0.05, 0.1) is 13.2 Å². The first-order chi connectivity index (χ1) is 15.2. The van der Waals surface area contributed by atoms with Crippen LogP contribution in [0.25, 0.3) is 0 Å². The summed E-state index contributed by atoms with van der Waals surface area (Å²) >= 11 is 0. The van der Waals surface area contributed by atoms with Crippen LogP contribution >= 0.6 is 0 Å². The third-order valence-corrected chi connectivity index (χ3v) is 5.90. The second kappa shape index (κ2) is 12.8. The minimum Gasteiger partial charge on any atom is -0.491 e. The highest BCUT2D eigenvalue weighted by molar-refractivity contribution is 5.33. The number of rotatable bonds is 12. The molecule has 6 heteroatoms. The minimum absolute atomic E-state index is 0.00712. The van der Waals surface area contributed by atoms with Crippen LogP contribution in [0, 0.1) is 11.7 Å². The maximum Gasteiger partial charge on any atom is 0.127 e. The molecule has 0 aliphatic carbocycles. The van der Waals surface area contributed by atoms with E-state index in [1.807, 2.05) is 30.3 Å². The summed E-state index contributed by atoms with van der Waals surface area (Å²) in [6, 6.07) is 15.1. The number of aliphatic hydroxyl groups is 1. The van der Waals surface area contributed by atoms with Crippen molar-refractivity contribution in [3.8, 4) is 5.75 Å². The van der Waals surface area contributed by atoms with Gasteiger partial charge in [-0.2, -0.15) is 0 Å². The number of hydrogen-bond acceptors (Lipinski definition) is 5. The molecular weight excluding hydrogens is 395 g/mol. The average Bonchev–Trinajstić information content (AvgIpc) is 2.79. The predicted molar refractivity (Wildman–Crippen MR) is 121 cm³/mol. The third kappa shape index (κ3) is 7.58. The monoisotopic (exact) mass is 430 g/mol. The van der Waals surface area contributed by atoms with Gasteiger partial charge in [-0.1, -0.05) is 36.4 Å². The number of halogens is 1. The maximum absolute atomic E-state index is 14.0. The summed E-state index contributed by atoms with van der Waals surface area (Å²) in [5.74, 6) is 1.33. The number of ether oxygens (including phenoxy) is 2. The van der Waals surface area contributed by atoms with Crippen molar-refractivity contribution in [2.45, 2.75) is 25.9 Å². The Kier molecular flexibility index (Phi) is 9.75. The zero-order chi connectivity index (χ0) is 21.9. The Morgan fingerprint density at radius 3 is 2.45 bits per heavy atom. The zero-order valence-electron chi connectivity index (χ0n) is 18.5. The van der Waals surface area contributed by atoms with Gasteiger partial charge in [0.25, 0.3) is 0 Å². The molecule has 1 saturated heterocycles. The van der Waals surface area contributed by atoms with Crippen molar-refractivity contribution >= 4 is 0 Å². The van der Waals surface area contributed by atoms with Gasteiger partial charge in [0.15, 0.2) is 0 Å². The van der Waals surface area contributed by atoms with Crippen LogP contribution in [0.15, 0.2) is 48.5 Å². The lowest BCUT2D eigenvalue weighted by molar-refractivity contribution is 0.105. The molecule has 0 bridgehead atoms. The van der Waals surface area contributed by atoms with E-state index in [2.05, 4.69) is 15.9 Å². The van der Waals surface area contributed by atoms with Gasteiger partial charge < -0.3 is 14.6 Å². The molecule has 1 aliphatic heterocycles. The van der Waals surface area contributed by atoms with Gasteiger partial charge in [0.1, 0.15) is 18.2 Å². The molecule has 0 radical (unpaired) electrons. The molecule has 0 unspecified atom stereocenters. The van der Waals surface area contributed by atoms with E-state index < -0.39 is 0 Å². The Morgan fingerprint density at radius 2 is 1.74 bits per heavy atom. The molecule has 1 N–H and O–H groups in total. The van der Waals surface area contributed by atoms with E-state index >= 15 is 0 Å². The van der Waals surface area contributed by atoms with Crippen LogP contribution in [0.4, 0.5) is 4.39 Å². The highest BCUT2D eigenvalue weighted by atomic mass is 19.1. The van der Waals surface area contributed by atoms with Crippen molar-refractivity contribution in [3.63, 3.8) is 0 Å². The van der Waals surface area contributed by atoms with E-state index in [0.29, 0.717) is 25.7 Å². The van der Waals surface area contributed by atoms with Gasteiger partial charge in [-0.05, 0) is 44.0 Å². The van der Waals surface area contributed by atoms with Crippen LogP contribution in [0.2, 0.25) is 0 Å². The van der Waals surface area contributed by atoms with Gasteiger partial charge in [0, 0.05) is 44.4 Å². The number of hydrogen-bond donors (Lipinski definition) is 1. The quantitative estimate of drug-likeness (QED) is 0.558. The molecule has 170 valence electrons. The van der Waals surface area contributed by atoms with Gasteiger partial charge >= 0.3 is 0 Å². The normalized spacial score (nSPS) is 15.5. The van der Waals surface area contributed by atoms with Gasteiger partial charge in [-0.3, -0.25) is 9.80 Å². The van der Waals surface area contributed by atoms with Gasteiger partial charge in [-0.25, -0.2) is 4.39 Å². The highest BCUT2D eigenvalue weighted by Crippen LogP contribution is 2.24. The average molecular weight is 431 g/mol. The van der Waals surface area contributed by atoms with Crippen molar-refractivity contribution in [1.29, 1.82) is 0 Å². The van der Waals surface area contributed by atoms with Crippen LogP contribution in [0.1, 0.15) is 24.0 Å². The number of nitrogens with zero attached hydrogens (tertiary/aromatic N) is 2. The number of para-hydroxylation sites is 1. The standard InChI is InChI=1S/C25H35FN2O3/c1-30-16-14-28(20-23-7-3-5-9-25(23)31-17-15-29)18-21-10-12-27(13-11-21)19-22-6-2-4-8-24(22)26/h2-9,21,29H,10-20H2,1H3. The van der Waals surface area contributed by atoms with Crippen molar-refractivity contribution in [2.24, 2.45) is 5.92 Å². The number of benzene rings is 2. The Balaban J connectivity index is 1.54. The largest absolute Gasteiger partial charge is 0.491 e. The Labute approximate surface area is 185 Å². The second-order valence-electron chi connectivity index (χ2n) is 8.22. The summed E-state index contributed by atoms with van der Waals surface area (Å²) in [6.45, 7) is 6.32. The van der Waals surface area contributed by atoms with Crippen LogP contribution in [-0.2, 0) is 17.8 Å². The topological polar surface area (TPSA) is 45.2 Å². The van der Waals surface area contributed by atoms with Gasteiger partial charge in [-0.15, -0.1) is 0 Å². The van der Waals surface area contributed by atoms with Crippen molar-refractivity contribution in [1.82, 2.24) is 9.80 Å². The molecule has 1 fully saturated rings. The predicted octanol–water partition coefficient (Wildman–Crippen LogP) is 3.56. The lowest BCUT2D eigenvalue weighted by atomic mass is 9.95. The first kappa shape index (κ1) is 23.7. The molecule has 0 saturated carbocycles. The Hall–Kier alpha value is -1.99. The molecule has 0 amide bonds. The van der Waals surface area contributed by atoms with Crippen molar-refractivity contribution in [2.75, 3.05) is 53.1 Å². The van der Waals surface area contributed by atoms with E-state index in [0.717, 1.165) is 62.4 Å². The van der Waals surface area contributed by atoms with Crippen LogP contribution in [0.3, 0.4) is 0 Å². The summed E-state index contributed by atoms with van der Waals surface area (Å²) < 4.78 is 25.0. The number of aliphatic hydroxyl groups excluding tert-OH is 1. The molecule has 0 atom stereocenters.